The van der Waals surface area contributed by atoms with Gasteiger partial charge in [0.2, 0.25) is 0 Å². The van der Waals surface area contributed by atoms with Crippen molar-refractivity contribution >= 4 is 32.7 Å². The van der Waals surface area contributed by atoms with Gasteiger partial charge in [0.1, 0.15) is 5.58 Å². The van der Waals surface area contributed by atoms with Crippen molar-refractivity contribution in [3.63, 3.8) is 0 Å². The second-order valence-electron chi connectivity index (χ2n) is 17.1. The van der Waals surface area contributed by atoms with E-state index < -0.39 is 37.6 Å². The summed E-state index contributed by atoms with van der Waals surface area (Å²) in [7, 11) is 0. The number of nitrogens with zero attached hydrogens (tertiary/aromatic N) is 2. The maximum Gasteiger partial charge on any atom is 2.00 e. The molecule has 3 aromatic heterocycles. The summed E-state index contributed by atoms with van der Waals surface area (Å²) >= 11 is 0. The zero-order chi connectivity index (χ0) is 50.4. The number of ether oxygens (including phenoxy) is 1. The van der Waals surface area contributed by atoms with Crippen LogP contribution in [0.5, 0.6) is 11.5 Å². The van der Waals surface area contributed by atoms with Crippen molar-refractivity contribution in [2.24, 2.45) is 5.41 Å². The van der Waals surface area contributed by atoms with E-state index in [1.165, 1.54) is 6.07 Å². The van der Waals surface area contributed by atoms with E-state index in [0.717, 1.165) is 75.9 Å². The molecule has 0 radical (unpaired) electrons. The molecule has 0 amide bonds. The van der Waals surface area contributed by atoms with E-state index in [2.05, 4.69) is 56.1 Å². The third-order valence-corrected chi connectivity index (χ3v) is 12.4. The molecule has 1 saturated carbocycles. The van der Waals surface area contributed by atoms with Crippen molar-refractivity contribution < 1.29 is 43.9 Å². The van der Waals surface area contributed by atoms with Gasteiger partial charge in [-0.2, -0.15) is 0 Å². The summed E-state index contributed by atoms with van der Waals surface area (Å²) in [6.07, 6.45) is 6.45. The number of rotatable bonds is 7. The first kappa shape index (κ1) is 31.1. The van der Waals surface area contributed by atoms with Crippen LogP contribution in [0.15, 0.2) is 126 Å². The Hall–Kier alpha value is -5.83. The van der Waals surface area contributed by atoms with Gasteiger partial charge in [-0.05, 0) is 120 Å². The molecule has 4 nitrogen and oxygen atoms in total. The molecular formula is C57H50N2O2Pt. The van der Waals surface area contributed by atoms with Crippen LogP contribution in [0.25, 0.3) is 77.5 Å². The van der Waals surface area contributed by atoms with Crippen molar-refractivity contribution in [1.29, 1.82) is 0 Å². The number of fused-ring (bicyclic) bond motifs is 5. The van der Waals surface area contributed by atoms with Gasteiger partial charge < -0.3 is 19.1 Å². The summed E-state index contributed by atoms with van der Waals surface area (Å²) in [6, 6.07) is 40.2. The standard InChI is InChI=1S/C57H50N2O2.Pt/c1-34-26-52(58-32-36(34)3)43-27-49(40-13-9-8-10-14-40)38(5)54(28-43)60-44-29-50-47-20-17-41-15-11-12-16-46(41)55(47)61-56(50)51(30-44)53-31-48(37(4)33-59-53)45-19-18-42(25-35(45)2)39-21-23-57(6,7)24-22-39;/h8-20,25-27,29,31-33,39H,21-24H2,1-7H3;/q-2;+2/i1D3,3D3,5D3,39D;. The fraction of sp³-hybridized carbons (Fsp3) is 0.228. The second kappa shape index (κ2) is 16.5. The Morgan fingerprint density at radius 1 is 0.677 bits per heavy atom. The maximum absolute atomic E-state index is 9.48. The molecule has 0 aliphatic heterocycles. The molecule has 0 N–H and O–H groups in total. The number of pyridine rings is 2. The van der Waals surface area contributed by atoms with Gasteiger partial charge in [0.05, 0.1) is 5.58 Å². The Kier molecular flexibility index (Phi) is 8.25. The minimum Gasteiger partial charge on any atom is -0.500 e. The Bertz CT molecular complexity index is 3550. The molecule has 9 aromatic rings. The summed E-state index contributed by atoms with van der Waals surface area (Å²) in [4.78, 5) is 9.38. The van der Waals surface area contributed by atoms with E-state index in [-0.39, 0.29) is 60.4 Å². The van der Waals surface area contributed by atoms with E-state index in [1.807, 2.05) is 55.6 Å². The third kappa shape index (κ3) is 7.68. The molecule has 6 aromatic carbocycles. The normalized spacial score (nSPS) is 17.5. The topological polar surface area (TPSA) is 48.2 Å². The molecule has 0 spiro atoms. The SMILES string of the molecule is [2H]C([2H])([2H])c1cnc(-c2[c-]c(Oc3[c-]c(-c4cc(-c5ccc(C6([2H])CCC(C)(C)CC6)cc5C)c(C)cn4)c4oc5c6ccccc6ccc5c4c3)c(C([2H])([2H])[2H])c(-c3ccccc3)c2)cc1C([2H])([2H])[2H].[Pt+2]. The first-order valence-electron chi connectivity index (χ1n) is 25.7. The van der Waals surface area contributed by atoms with Gasteiger partial charge in [-0.3, -0.25) is 0 Å². The average Bonchev–Trinajstić information content (AvgIpc) is 3.71. The van der Waals surface area contributed by atoms with E-state index in [0.29, 0.717) is 33.4 Å². The number of furan rings is 1. The van der Waals surface area contributed by atoms with Crippen molar-refractivity contribution in [1.82, 2.24) is 9.97 Å². The van der Waals surface area contributed by atoms with Crippen LogP contribution < -0.4 is 4.74 Å². The van der Waals surface area contributed by atoms with Crippen LogP contribution in [-0.4, -0.2) is 9.97 Å². The van der Waals surface area contributed by atoms with Gasteiger partial charge in [0.15, 0.2) is 0 Å². The summed E-state index contributed by atoms with van der Waals surface area (Å²) < 4.78 is 98.7. The molecule has 1 fully saturated rings. The summed E-state index contributed by atoms with van der Waals surface area (Å²) in [6.45, 7) is 0.307. The Morgan fingerprint density at radius 2 is 1.45 bits per heavy atom. The molecule has 3 heterocycles. The van der Waals surface area contributed by atoms with E-state index >= 15 is 0 Å². The molecule has 0 bridgehead atoms. The van der Waals surface area contributed by atoms with Crippen molar-refractivity contribution in [3.8, 4) is 56.3 Å². The first-order chi connectivity index (χ1) is 33.5. The van der Waals surface area contributed by atoms with Crippen molar-refractivity contribution in [2.75, 3.05) is 0 Å². The predicted octanol–water partition coefficient (Wildman–Crippen LogP) is 15.8. The van der Waals surface area contributed by atoms with Crippen LogP contribution in [0.4, 0.5) is 0 Å². The summed E-state index contributed by atoms with van der Waals surface area (Å²) in [5.74, 6) is -0.722. The van der Waals surface area contributed by atoms with Gasteiger partial charge in [0.25, 0.3) is 0 Å². The molecule has 62 heavy (non-hydrogen) atoms. The van der Waals surface area contributed by atoms with Gasteiger partial charge in [0, 0.05) is 48.4 Å². The third-order valence-electron chi connectivity index (χ3n) is 12.4. The number of hydrogen-bond acceptors (Lipinski definition) is 4. The minimum absolute atomic E-state index is 0. The monoisotopic (exact) mass is 999 g/mol. The van der Waals surface area contributed by atoms with Gasteiger partial charge in [-0.15, -0.1) is 11.6 Å². The molecule has 0 saturated heterocycles. The van der Waals surface area contributed by atoms with Crippen LogP contribution in [0.3, 0.4) is 0 Å². The van der Waals surface area contributed by atoms with Crippen molar-refractivity contribution in [2.45, 2.75) is 79.8 Å². The van der Waals surface area contributed by atoms with E-state index in [9.17, 15) is 1.37 Å². The van der Waals surface area contributed by atoms with Gasteiger partial charge in [-0.25, -0.2) is 0 Å². The molecule has 10 rings (SSSR count). The Balaban J connectivity index is 0.00000640. The molecule has 1 aliphatic carbocycles. The first-order valence-corrected chi connectivity index (χ1v) is 20.7. The van der Waals surface area contributed by atoms with E-state index in [1.54, 1.807) is 42.5 Å². The summed E-state index contributed by atoms with van der Waals surface area (Å²) in [5.41, 5.74) is 7.28. The molecular weight excluding hydrogens is 940 g/mol. The minimum atomic E-state index is -2.81. The number of aryl methyl sites for hydroxylation is 4. The fourth-order valence-electron chi connectivity index (χ4n) is 8.74. The number of aromatic nitrogens is 2. The van der Waals surface area contributed by atoms with Crippen molar-refractivity contribution in [3.05, 3.63) is 167 Å². The second-order valence-corrected chi connectivity index (χ2v) is 17.1. The maximum atomic E-state index is 9.48. The summed E-state index contributed by atoms with van der Waals surface area (Å²) in [5, 5.41) is 3.31. The van der Waals surface area contributed by atoms with E-state index in [4.69, 9.17) is 26.5 Å². The Labute approximate surface area is 393 Å². The van der Waals surface area contributed by atoms with Crippen LogP contribution in [0.2, 0.25) is 0 Å². The molecule has 0 unspecified atom stereocenters. The molecule has 1 aliphatic rings. The largest absolute Gasteiger partial charge is 2.00 e. The predicted molar refractivity (Wildman–Crippen MR) is 251 cm³/mol. The molecule has 310 valence electrons. The van der Waals surface area contributed by atoms with Crippen LogP contribution in [0, 0.1) is 52.0 Å². The van der Waals surface area contributed by atoms with Gasteiger partial charge in [-0.1, -0.05) is 164 Å². The zero-order valence-electron chi connectivity index (χ0n) is 44.9. The Morgan fingerprint density at radius 3 is 2.24 bits per heavy atom. The average molecular weight is 1000 g/mol. The zero-order valence-corrected chi connectivity index (χ0v) is 37.2. The number of hydrogen-bond donors (Lipinski definition) is 0. The number of benzene rings is 6. The smallest absolute Gasteiger partial charge is 0.500 e. The quantitative estimate of drug-likeness (QED) is 0.149. The van der Waals surface area contributed by atoms with Crippen LogP contribution >= 0.6 is 0 Å². The molecule has 5 heteroatoms. The van der Waals surface area contributed by atoms with Crippen LogP contribution in [0.1, 0.15) is 92.5 Å². The van der Waals surface area contributed by atoms with Crippen LogP contribution in [-0.2, 0) is 21.1 Å². The molecule has 0 atom stereocenters. The van der Waals surface area contributed by atoms with Gasteiger partial charge >= 0.3 is 21.1 Å². The fourth-order valence-corrected chi connectivity index (χ4v) is 8.74.